The molecule has 0 aliphatic carbocycles. The van der Waals surface area contributed by atoms with Crippen LogP contribution in [-0.2, 0) is 0 Å². The predicted octanol–water partition coefficient (Wildman–Crippen LogP) is 2.93. The Morgan fingerprint density at radius 3 is 2.66 bits per heavy atom. The zero-order valence-corrected chi connectivity index (χ0v) is 17.4. The number of hydrogen-bond donors (Lipinski definition) is 2. The Morgan fingerprint density at radius 1 is 1.17 bits per heavy atom. The maximum Gasteiger partial charge on any atom is 0.275 e. The molecule has 150 valence electrons. The summed E-state index contributed by atoms with van der Waals surface area (Å²) < 4.78 is 0. The highest BCUT2D eigenvalue weighted by Crippen LogP contribution is 2.28. The van der Waals surface area contributed by atoms with Crippen LogP contribution < -0.4 is 20.4 Å². The van der Waals surface area contributed by atoms with Crippen molar-refractivity contribution in [3.63, 3.8) is 0 Å². The van der Waals surface area contributed by atoms with Crippen LogP contribution >= 0.6 is 11.3 Å². The lowest BCUT2D eigenvalue weighted by molar-refractivity contribution is 0.102. The summed E-state index contributed by atoms with van der Waals surface area (Å²) in [7, 11) is 4.02. The summed E-state index contributed by atoms with van der Waals surface area (Å²) in [4.78, 5) is 25.8. The largest absolute Gasteiger partial charge is 0.378 e. The molecule has 3 aromatic rings. The molecule has 3 heterocycles. The molecule has 1 saturated heterocycles. The highest BCUT2D eigenvalue weighted by Gasteiger charge is 2.18. The van der Waals surface area contributed by atoms with E-state index in [-0.39, 0.29) is 5.91 Å². The van der Waals surface area contributed by atoms with Gasteiger partial charge in [0.25, 0.3) is 5.91 Å². The van der Waals surface area contributed by atoms with E-state index in [0.717, 1.165) is 48.1 Å². The number of benzene rings is 1. The fourth-order valence-electron chi connectivity index (χ4n) is 3.26. The second-order valence-electron chi connectivity index (χ2n) is 7.06. The molecule has 8 heteroatoms. The molecule has 0 radical (unpaired) electrons. The molecular formula is C21H24N6OS. The fraction of sp³-hybridized carbons (Fsp3) is 0.286. The van der Waals surface area contributed by atoms with Crippen LogP contribution in [0.3, 0.4) is 0 Å². The van der Waals surface area contributed by atoms with E-state index in [0.29, 0.717) is 11.4 Å². The smallest absolute Gasteiger partial charge is 0.275 e. The number of rotatable bonds is 5. The number of thiazole rings is 1. The zero-order chi connectivity index (χ0) is 20.2. The van der Waals surface area contributed by atoms with Gasteiger partial charge in [0.2, 0.25) is 0 Å². The monoisotopic (exact) mass is 408 g/mol. The third-order valence-electron chi connectivity index (χ3n) is 4.87. The van der Waals surface area contributed by atoms with Crippen LogP contribution in [0.1, 0.15) is 10.5 Å². The van der Waals surface area contributed by atoms with E-state index in [1.807, 2.05) is 49.3 Å². The SMILES string of the molecule is CN(C)c1ccc(-c2nc(C(=O)Nc3cnccc3N3CCNCC3)cs2)cc1. The number of nitrogens with one attached hydrogen (secondary N) is 2. The van der Waals surface area contributed by atoms with Gasteiger partial charge in [0.15, 0.2) is 0 Å². The van der Waals surface area contributed by atoms with Gasteiger partial charge in [-0.25, -0.2) is 4.98 Å². The lowest BCUT2D eigenvalue weighted by atomic mass is 10.2. The van der Waals surface area contributed by atoms with Crippen molar-refractivity contribution in [3.8, 4) is 10.6 Å². The average molecular weight is 409 g/mol. The molecule has 0 atom stereocenters. The summed E-state index contributed by atoms with van der Waals surface area (Å²) in [6, 6.07) is 10.1. The van der Waals surface area contributed by atoms with Gasteiger partial charge < -0.3 is 20.4 Å². The Balaban J connectivity index is 1.50. The predicted molar refractivity (Wildman–Crippen MR) is 119 cm³/mol. The van der Waals surface area contributed by atoms with E-state index < -0.39 is 0 Å². The van der Waals surface area contributed by atoms with E-state index in [4.69, 9.17) is 0 Å². The first kappa shape index (κ1) is 19.4. The van der Waals surface area contributed by atoms with E-state index in [1.165, 1.54) is 11.3 Å². The normalized spacial score (nSPS) is 13.9. The second kappa shape index (κ2) is 8.59. The number of piperazine rings is 1. The van der Waals surface area contributed by atoms with Crippen LogP contribution in [-0.4, -0.2) is 56.1 Å². The Labute approximate surface area is 174 Å². The third kappa shape index (κ3) is 4.38. The lowest BCUT2D eigenvalue weighted by Gasteiger charge is -2.30. The van der Waals surface area contributed by atoms with Gasteiger partial charge in [-0.15, -0.1) is 11.3 Å². The molecule has 0 bridgehead atoms. The van der Waals surface area contributed by atoms with Gasteiger partial charge in [0.1, 0.15) is 10.7 Å². The number of anilines is 3. The maximum absolute atomic E-state index is 12.8. The van der Waals surface area contributed by atoms with Crippen LogP contribution in [0.4, 0.5) is 17.1 Å². The number of aromatic nitrogens is 2. The molecule has 1 aliphatic rings. The Bertz CT molecular complexity index is 979. The van der Waals surface area contributed by atoms with Crippen molar-refractivity contribution in [2.45, 2.75) is 0 Å². The molecule has 0 saturated carbocycles. The highest BCUT2D eigenvalue weighted by molar-refractivity contribution is 7.13. The Kier molecular flexibility index (Phi) is 5.73. The van der Waals surface area contributed by atoms with Crippen LogP contribution in [0.5, 0.6) is 0 Å². The van der Waals surface area contributed by atoms with Gasteiger partial charge >= 0.3 is 0 Å². The van der Waals surface area contributed by atoms with Crippen molar-refractivity contribution in [1.29, 1.82) is 0 Å². The summed E-state index contributed by atoms with van der Waals surface area (Å²) in [6.45, 7) is 3.66. The molecule has 1 fully saturated rings. The second-order valence-corrected chi connectivity index (χ2v) is 7.92. The first-order valence-corrected chi connectivity index (χ1v) is 10.4. The van der Waals surface area contributed by atoms with E-state index in [1.54, 1.807) is 17.8 Å². The number of carbonyl (C=O) groups excluding carboxylic acids is 1. The first-order chi connectivity index (χ1) is 14.1. The quantitative estimate of drug-likeness (QED) is 0.676. The molecule has 0 spiro atoms. The molecule has 2 N–H and O–H groups in total. The van der Waals surface area contributed by atoms with Crippen molar-refractivity contribution >= 4 is 34.3 Å². The zero-order valence-electron chi connectivity index (χ0n) is 16.6. The van der Waals surface area contributed by atoms with Crippen molar-refractivity contribution in [1.82, 2.24) is 15.3 Å². The minimum Gasteiger partial charge on any atom is -0.378 e. The van der Waals surface area contributed by atoms with Gasteiger partial charge in [-0.3, -0.25) is 9.78 Å². The first-order valence-electron chi connectivity index (χ1n) is 9.56. The van der Waals surface area contributed by atoms with Gasteiger partial charge in [-0.2, -0.15) is 0 Å². The van der Waals surface area contributed by atoms with E-state index >= 15 is 0 Å². The van der Waals surface area contributed by atoms with Crippen molar-refractivity contribution in [3.05, 3.63) is 53.8 Å². The topological polar surface area (TPSA) is 73.4 Å². The van der Waals surface area contributed by atoms with Crippen LogP contribution in [0.15, 0.2) is 48.1 Å². The van der Waals surface area contributed by atoms with E-state index in [9.17, 15) is 4.79 Å². The van der Waals surface area contributed by atoms with Crippen LogP contribution in [0.2, 0.25) is 0 Å². The van der Waals surface area contributed by atoms with Gasteiger partial charge in [0, 0.05) is 63.1 Å². The van der Waals surface area contributed by atoms with Gasteiger partial charge in [-0.1, -0.05) is 0 Å². The number of hydrogen-bond acceptors (Lipinski definition) is 7. The molecular weight excluding hydrogens is 384 g/mol. The summed E-state index contributed by atoms with van der Waals surface area (Å²) in [5.74, 6) is -0.221. The lowest BCUT2D eigenvalue weighted by Crippen LogP contribution is -2.43. The van der Waals surface area contributed by atoms with Crippen molar-refractivity contribution in [2.75, 3.05) is 55.4 Å². The van der Waals surface area contributed by atoms with E-state index in [2.05, 4.69) is 25.5 Å². The Morgan fingerprint density at radius 2 is 1.93 bits per heavy atom. The minimum absolute atomic E-state index is 0.221. The molecule has 7 nitrogen and oxygen atoms in total. The molecule has 4 rings (SSSR count). The summed E-state index contributed by atoms with van der Waals surface area (Å²) in [6.07, 6.45) is 3.45. The fourth-order valence-corrected chi connectivity index (χ4v) is 4.07. The summed E-state index contributed by atoms with van der Waals surface area (Å²) in [5, 5.41) is 8.95. The number of carbonyl (C=O) groups is 1. The number of pyridine rings is 1. The molecule has 1 aromatic carbocycles. The van der Waals surface area contributed by atoms with Crippen LogP contribution in [0.25, 0.3) is 10.6 Å². The third-order valence-corrected chi connectivity index (χ3v) is 5.76. The molecule has 2 aromatic heterocycles. The summed E-state index contributed by atoms with van der Waals surface area (Å²) in [5.41, 5.74) is 4.24. The average Bonchev–Trinajstić information content (AvgIpc) is 3.25. The van der Waals surface area contributed by atoms with Gasteiger partial charge in [0.05, 0.1) is 17.6 Å². The molecule has 1 amide bonds. The Hall–Kier alpha value is -2.97. The highest BCUT2D eigenvalue weighted by atomic mass is 32.1. The van der Waals surface area contributed by atoms with Gasteiger partial charge in [-0.05, 0) is 30.3 Å². The molecule has 29 heavy (non-hydrogen) atoms. The minimum atomic E-state index is -0.221. The standard InChI is InChI=1S/C21H24N6OS/c1-26(2)16-5-3-15(4-6-16)21-25-18(14-29-21)20(28)24-17-13-23-8-7-19(17)27-11-9-22-10-12-27/h3-8,13-14,22H,9-12H2,1-2H3,(H,24,28). The van der Waals surface area contributed by atoms with Crippen molar-refractivity contribution < 1.29 is 4.79 Å². The molecule has 1 aliphatic heterocycles. The summed E-state index contributed by atoms with van der Waals surface area (Å²) >= 11 is 1.47. The van der Waals surface area contributed by atoms with Crippen LogP contribution in [0, 0.1) is 0 Å². The van der Waals surface area contributed by atoms with Crippen molar-refractivity contribution in [2.24, 2.45) is 0 Å². The number of amides is 1. The number of nitrogens with zero attached hydrogens (tertiary/aromatic N) is 4. The molecule has 0 unspecified atom stereocenters. The maximum atomic E-state index is 12.8.